The third-order valence-corrected chi connectivity index (χ3v) is 6.15. The van der Waals surface area contributed by atoms with E-state index in [1.54, 1.807) is 6.07 Å². The molecule has 1 aromatic heterocycles. The van der Waals surface area contributed by atoms with Crippen LogP contribution in [0.3, 0.4) is 0 Å². The second kappa shape index (κ2) is 2.99. The monoisotopic (exact) mass is 201 g/mol. The summed E-state index contributed by atoms with van der Waals surface area (Å²) in [4.78, 5) is 10.0. The largest absolute Gasteiger partial charge is 0.323 e. The van der Waals surface area contributed by atoms with Crippen LogP contribution in [0.4, 0.5) is 5.00 Å². The predicted molar refractivity (Wildman–Crippen MR) is 54.0 cm³/mol. The van der Waals surface area contributed by atoms with E-state index in [2.05, 4.69) is 19.6 Å². The van der Waals surface area contributed by atoms with E-state index in [9.17, 15) is 10.1 Å². The molecule has 66 valence electrons. The first kappa shape index (κ1) is 9.41. The molecular weight excluding hydrogens is 190 g/mol. The maximum absolute atomic E-state index is 10.4. The molecule has 0 aromatic carbocycles. The van der Waals surface area contributed by atoms with Gasteiger partial charge in [-0.05, 0) is 10.6 Å². The molecule has 3 nitrogen and oxygen atoms in total. The van der Waals surface area contributed by atoms with Gasteiger partial charge in [-0.25, -0.2) is 0 Å². The summed E-state index contributed by atoms with van der Waals surface area (Å²) in [5.74, 6) is 0. The van der Waals surface area contributed by atoms with E-state index in [0.29, 0.717) is 0 Å². The predicted octanol–water partition coefficient (Wildman–Crippen LogP) is 2.20. The van der Waals surface area contributed by atoms with Crippen molar-refractivity contribution in [1.82, 2.24) is 0 Å². The maximum Gasteiger partial charge on any atom is 0.323 e. The standard InChI is InChI=1S/C7H11NO2SSi/c1-12(2,3)7-5-4-6(11-7)8(9)10/h4-5H,1-3H3. The Morgan fingerprint density at radius 1 is 1.42 bits per heavy atom. The Kier molecular flexibility index (Phi) is 2.34. The smallest absolute Gasteiger partial charge is 0.258 e. The minimum Gasteiger partial charge on any atom is -0.258 e. The Bertz CT molecular complexity index is 303. The quantitative estimate of drug-likeness (QED) is 0.418. The third kappa shape index (κ3) is 1.92. The summed E-state index contributed by atoms with van der Waals surface area (Å²) in [7, 11) is -1.34. The Hall–Kier alpha value is -0.683. The number of hydrogen-bond acceptors (Lipinski definition) is 3. The van der Waals surface area contributed by atoms with Crippen molar-refractivity contribution in [1.29, 1.82) is 0 Å². The Morgan fingerprint density at radius 3 is 2.25 bits per heavy atom. The first-order valence-corrected chi connectivity index (χ1v) is 7.97. The molecule has 12 heavy (non-hydrogen) atoms. The Morgan fingerprint density at radius 2 is 2.00 bits per heavy atom. The van der Waals surface area contributed by atoms with E-state index in [0.717, 1.165) is 0 Å². The third-order valence-electron chi connectivity index (χ3n) is 1.51. The van der Waals surface area contributed by atoms with Crippen LogP contribution in [-0.2, 0) is 0 Å². The molecule has 0 saturated carbocycles. The highest BCUT2D eigenvalue weighted by atomic mass is 32.1. The molecule has 0 atom stereocenters. The van der Waals surface area contributed by atoms with Gasteiger partial charge in [0.25, 0.3) is 0 Å². The normalized spacial score (nSPS) is 11.6. The average Bonchev–Trinajstić information content (AvgIpc) is 2.30. The molecule has 0 aliphatic heterocycles. The Labute approximate surface area is 76.2 Å². The molecule has 0 spiro atoms. The molecule has 0 aliphatic rings. The van der Waals surface area contributed by atoms with E-state index < -0.39 is 8.07 Å². The van der Waals surface area contributed by atoms with Gasteiger partial charge in [0.1, 0.15) is 0 Å². The van der Waals surface area contributed by atoms with Crippen molar-refractivity contribution < 1.29 is 4.92 Å². The molecule has 0 saturated heterocycles. The van der Waals surface area contributed by atoms with Gasteiger partial charge in [-0.15, -0.1) is 0 Å². The van der Waals surface area contributed by atoms with Gasteiger partial charge in [-0.3, -0.25) is 10.1 Å². The summed E-state index contributed by atoms with van der Waals surface area (Å²) >= 11 is 1.31. The summed E-state index contributed by atoms with van der Waals surface area (Å²) < 4.78 is 1.19. The molecular formula is C7H11NO2SSi. The highest BCUT2D eigenvalue weighted by Crippen LogP contribution is 2.19. The van der Waals surface area contributed by atoms with Crippen LogP contribution in [0.15, 0.2) is 12.1 Å². The molecule has 0 N–H and O–H groups in total. The minimum atomic E-state index is -1.34. The highest BCUT2D eigenvalue weighted by Gasteiger charge is 2.21. The van der Waals surface area contributed by atoms with Crippen LogP contribution >= 0.6 is 11.3 Å². The molecule has 0 amide bonds. The fourth-order valence-corrected chi connectivity index (χ4v) is 3.52. The zero-order chi connectivity index (χ0) is 9.35. The molecule has 1 aromatic rings. The summed E-state index contributed by atoms with van der Waals surface area (Å²) in [6.45, 7) is 6.55. The van der Waals surface area contributed by atoms with Gasteiger partial charge in [0.05, 0.1) is 13.0 Å². The van der Waals surface area contributed by atoms with Crippen LogP contribution < -0.4 is 4.50 Å². The molecule has 1 heterocycles. The molecule has 1 rings (SSSR count). The number of hydrogen-bond donors (Lipinski definition) is 0. The average molecular weight is 201 g/mol. The van der Waals surface area contributed by atoms with Crippen LogP contribution in [0.2, 0.25) is 19.6 Å². The van der Waals surface area contributed by atoms with Crippen molar-refractivity contribution in [3.05, 3.63) is 22.2 Å². The van der Waals surface area contributed by atoms with Crippen molar-refractivity contribution in [2.45, 2.75) is 19.6 Å². The van der Waals surface area contributed by atoms with Crippen molar-refractivity contribution >= 4 is 28.9 Å². The number of rotatable bonds is 2. The van der Waals surface area contributed by atoms with E-state index >= 15 is 0 Å². The topological polar surface area (TPSA) is 43.1 Å². The van der Waals surface area contributed by atoms with Crippen LogP contribution in [0.5, 0.6) is 0 Å². The number of thiophene rings is 1. The van der Waals surface area contributed by atoms with Crippen LogP contribution in [-0.4, -0.2) is 13.0 Å². The SMILES string of the molecule is C[Si](C)(C)c1ccc([N+](=O)[O-])s1. The van der Waals surface area contributed by atoms with Crippen molar-refractivity contribution in [2.75, 3.05) is 0 Å². The lowest BCUT2D eigenvalue weighted by Crippen LogP contribution is -2.34. The lowest BCUT2D eigenvalue weighted by Gasteiger charge is -2.11. The van der Waals surface area contributed by atoms with Gasteiger partial charge in [-0.2, -0.15) is 0 Å². The van der Waals surface area contributed by atoms with Gasteiger partial charge in [0, 0.05) is 6.07 Å². The van der Waals surface area contributed by atoms with Crippen LogP contribution in [0.25, 0.3) is 0 Å². The zero-order valence-electron chi connectivity index (χ0n) is 7.33. The minimum absolute atomic E-state index is 0.257. The van der Waals surface area contributed by atoms with Gasteiger partial charge in [0.15, 0.2) is 0 Å². The highest BCUT2D eigenvalue weighted by molar-refractivity contribution is 7.28. The summed E-state index contributed by atoms with van der Waals surface area (Å²) in [5, 5.41) is 10.6. The molecule has 0 aliphatic carbocycles. The zero-order valence-corrected chi connectivity index (χ0v) is 9.14. The molecule has 0 fully saturated rings. The van der Waals surface area contributed by atoms with Crippen molar-refractivity contribution in [3.63, 3.8) is 0 Å². The van der Waals surface area contributed by atoms with Crippen LogP contribution in [0, 0.1) is 10.1 Å². The van der Waals surface area contributed by atoms with Gasteiger partial charge < -0.3 is 0 Å². The first-order valence-electron chi connectivity index (χ1n) is 3.66. The van der Waals surface area contributed by atoms with E-state index in [-0.39, 0.29) is 9.92 Å². The molecule has 0 bridgehead atoms. The maximum atomic E-state index is 10.4. The van der Waals surface area contributed by atoms with E-state index in [1.165, 1.54) is 15.8 Å². The fraction of sp³-hybridized carbons (Fsp3) is 0.429. The van der Waals surface area contributed by atoms with Crippen LogP contribution in [0.1, 0.15) is 0 Å². The van der Waals surface area contributed by atoms with Gasteiger partial charge >= 0.3 is 5.00 Å². The first-order chi connectivity index (χ1) is 5.41. The van der Waals surface area contributed by atoms with E-state index in [1.807, 2.05) is 6.07 Å². The van der Waals surface area contributed by atoms with Gasteiger partial charge in [-0.1, -0.05) is 31.0 Å². The van der Waals surface area contributed by atoms with Gasteiger partial charge in [0.2, 0.25) is 0 Å². The molecule has 0 unspecified atom stereocenters. The molecule has 0 radical (unpaired) electrons. The second-order valence-corrected chi connectivity index (χ2v) is 10.1. The lowest BCUT2D eigenvalue weighted by atomic mass is 10.6. The van der Waals surface area contributed by atoms with E-state index in [4.69, 9.17) is 0 Å². The van der Waals surface area contributed by atoms with Crippen molar-refractivity contribution in [3.8, 4) is 0 Å². The summed E-state index contributed by atoms with van der Waals surface area (Å²) in [6, 6.07) is 3.48. The number of nitrogens with zero attached hydrogens (tertiary/aromatic N) is 1. The fourth-order valence-electron chi connectivity index (χ4n) is 0.829. The number of nitro groups is 1. The summed E-state index contributed by atoms with van der Waals surface area (Å²) in [5.41, 5.74) is 0. The second-order valence-electron chi connectivity index (χ2n) is 3.64. The lowest BCUT2D eigenvalue weighted by molar-refractivity contribution is -0.380. The summed E-state index contributed by atoms with van der Waals surface area (Å²) in [6.07, 6.45) is 0. The Balaban J connectivity index is 3.00. The molecule has 5 heteroatoms. The van der Waals surface area contributed by atoms with Crippen molar-refractivity contribution in [2.24, 2.45) is 0 Å².